The van der Waals surface area contributed by atoms with Crippen LogP contribution >= 0.6 is 12.1 Å². The van der Waals surface area contributed by atoms with Crippen LogP contribution in [0, 0.1) is 0 Å². The largest absolute Gasteiger partial charge is 0.408 e. The molecule has 9 heavy (non-hydrogen) atoms. The highest BCUT2D eigenvalue weighted by Crippen LogP contribution is 1.87. The van der Waals surface area contributed by atoms with Crippen molar-refractivity contribution in [3.05, 3.63) is 0 Å². The van der Waals surface area contributed by atoms with Crippen LogP contribution in [0.4, 0.5) is 18.4 Å². The molecule has 0 aliphatic heterocycles. The Morgan fingerprint density at radius 3 is 1.67 bits per heavy atom. The fraction of sp³-hybridized carbons (Fsp3) is 0. The molecule has 0 heterocycles. The van der Waals surface area contributed by atoms with Crippen LogP contribution in [0.5, 0.6) is 0 Å². The second-order valence-corrected chi connectivity index (χ2v) is 1.47. The predicted octanol–water partition coefficient (Wildman–Crippen LogP) is 0.908. The van der Waals surface area contributed by atoms with Gasteiger partial charge in [-0.25, -0.2) is 9.59 Å². The van der Waals surface area contributed by atoms with Crippen LogP contribution < -0.4 is 9.44 Å². The molecule has 0 aliphatic carbocycles. The Labute approximate surface area is 53.3 Å². The molecule has 0 bridgehead atoms. The summed E-state index contributed by atoms with van der Waals surface area (Å²) in [5.74, 6) is 0. The third kappa shape index (κ3) is 7.15. The number of amides is 2. The van der Waals surface area contributed by atoms with Gasteiger partial charge in [0.1, 0.15) is 0 Å². The van der Waals surface area contributed by atoms with E-state index in [0.717, 1.165) is 0 Å². The lowest BCUT2D eigenvalue weighted by atomic mass is 11.4. The summed E-state index contributed by atoms with van der Waals surface area (Å²) >= 11 is 0.120. The van der Waals surface area contributed by atoms with Crippen LogP contribution in [0.1, 0.15) is 0 Å². The first-order valence-corrected chi connectivity index (χ1v) is 2.51. The molecule has 0 aromatic rings. The van der Waals surface area contributed by atoms with Gasteiger partial charge < -0.3 is 0 Å². The highest BCUT2D eigenvalue weighted by atomic mass is 32.2. The highest BCUT2D eigenvalue weighted by molar-refractivity contribution is 7.96. The van der Waals surface area contributed by atoms with Gasteiger partial charge in [0.15, 0.2) is 0 Å². The van der Waals surface area contributed by atoms with Gasteiger partial charge in [-0.2, -0.15) is 0 Å². The molecule has 0 fully saturated rings. The zero-order valence-corrected chi connectivity index (χ0v) is 4.80. The minimum absolute atomic E-state index is 0.120. The normalized spacial score (nSPS) is 8.22. The Balaban J connectivity index is 3.10. The van der Waals surface area contributed by atoms with Crippen molar-refractivity contribution >= 4 is 24.5 Å². The summed E-state index contributed by atoms with van der Waals surface area (Å²) in [5, 5.41) is 0. The van der Waals surface area contributed by atoms with Crippen LogP contribution in [0.2, 0.25) is 0 Å². The van der Waals surface area contributed by atoms with Gasteiger partial charge in [0.25, 0.3) is 0 Å². The number of halogens is 2. The quantitative estimate of drug-likeness (QED) is 0.355. The molecule has 0 saturated carbocycles. The molecule has 0 unspecified atom stereocenters. The fourth-order valence-electron chi connectivity index (χ4n) is 0.106. The number of carbonyl (C=O) groups is 2. The average molecular weight is 156 g/mol. The lowest BCUT2D eigenvalue weighted by molar-refractivity contribution is 0.227. The van der Waals surface area contributed by atoms with Gasteiger partial charge in [-0.15, -0.1) is 8.78 Å². The SMILES string of the molecule is O=C(F)NSNC(=O)F. The second-order valence-electron chi connectivity index (χ2n) is 0.854. The van der Waals surface area contributed by atoms with E-state index in [1.165, 1.54) is 9.44 Å². The number of rotatable bonds is 2. The zero-order valence-electron chi connectivity index (χ0n) is 3.98. The van der Waals surface area contributed by atoms with E-state index < -0.39 is 12.3 Å². The molecule has 7 heteroatoms. The van der Waals surface area contributed by atoms with E-state index in [-0.39, 0.29) is 12.1 Å². The molecule has 2 amide bonds. The summed E-state index contributed by atoms with van der Waals surface area (Å²) in [4.78, 5) is 18.7. The maximum absolute atomic E-state index is 11.1. The number of carbonyl (C=O) groups excluding carboxylic acids is 2. The Morgan fingerprint density at radius 2 is 1.44 bits per heavy atom. The van der Waals surface area contributed by atoms with Crippen molar-refractivity contribution in [3.63, 3.8) is 0 Å². The van der Waals surface area contributed by atoms with Gasteiger partial charge >= 0.3 is 12.3 Å². The Kier molecular flexibility index (Phi) is 3.69. The summed E-state index contributed by atoms with van der Waals surface area (Å²) in [6.07, 6.45) is -3.71. The third-order valence-electron chi connectivity index (χ3n) is 0.263. The Bertz CT molecular complexity index is 116. The van der Waals surface area contributed by atoms with Crippen molar-refractivity contribution < 1.29 is 18.4 Å². The summed E-state index contributed by atoms with van der Waals surface area (Å²) in [6.45, 7) is 0. The van der Waals surface area contributed by atoms with Gasteiger partial charge in [-0.05, 0) is 0 Å². The minimum atomic E-state index is -1.85. The van der Waals surface area contributed by atoms with Crippen LogP contribution in [0.3, 0.4) is 0 Å². The number of nitrogens with one attached hydrogen (secondary N) is 2. The molecular weight excluding hydrogens is 154 g/mol. The molecule has 4 nitrogen and oxygen atoms in total. The summed E-state index contributed by atoms with van der Waals surface area (Å²) in [6, 6.07) is 0. The molecule has 0 atom stereocenters. The van der Waals surface area contributed by atoms with E-state index >= 15 is 0 Å². The molecule has 0 spiro atoms. The van der Waals surface area contributed by atoms with Gasteiger partial charge in [0.2, 0.25) is 0 Å². The first kappa shape index (κ1) is 8.15. The molecule has 52 valence electrons. The fourth-order valence-corrected chi connectivity index (χ4v) is 0.317. The van der Waals surface area contributed by atoms with Crippen molar-refractivity contribution in [2.45, 2.75) is 0 Å². The summed E-state index contributed by atoms with van der Waals surface area (Å²) < 4.78 is 25.0. The zero-order chi connectivity index (χ0) is 7.28. The standard InChI is InChI=1S/C2H2F2N2O2S/c3-1(7)5-9-6-2(4)8/h(H,5,7)(H,6,8). The summed E-state index contributed by atoms with van der Waals surface area (Å²) in [7, 11) is 0. The topological polar surface area (TPSA) is 58.2 Å². The van der Waals surface area contributed by atoms with E-state index in [2.05, 4.69) is 0 Å². The molecule has 2 N–H and O–H groups in total. The first-order chi connectivity index (χ1) is 4.13. The van der Waals surface area contributed by atoms with E-state index in [9.17, 15) is 18.4 Å². The van der Waals surface area contributed by atoms with Crippen LogP contribution in [0.15, 0.2) is 0 Å². The van der Waals surface area contributed by atoms with E-state index in [1.54, 1.807) is 0 Å². The molecule has 0 rings (SSSR count). The molecule has 0 radical (unpaired) electrons. The molecular formula is C2H2F2N2O2S. The lowest BCUT2D eigenvalue weighted by Gasteiger charge is -1.93. The van der Waals surface area contributed by atoms with Gasteiger partial charge in [0.05, 0.1) is 12.1 Å². The van der Waals surface area contributed by atoms with Crippen molar-refractivity contribution in [2.24, 2.45) is 0 Å². The Hall–Kier alpha value is -0.850. The monoisotopic (exact) mass is 156 g/mol. The van der Waals surface area contributed by atoms with E-state index in [0.29, 0.717) is 0 Å². The molecule has 0 saturated heterocycles. The van der Waals surface area contributed by atoms with Gasteiger partial charge in [-0.1, -0.05) is 0 Å². The van der Waals surface area contributed by atoms with E-state index in [1.807, 2.05) is 0 Å². The predicted molar refractivity (Wildman–Crippen MR) is 26.9 cm³/mol. The molecule has 0 aromatic carbocycles. The Morgan fingerprint density at radius 1 is 1.11 bits per heavy atom. The number of hydrogen-bond acceptors (Lipinski definition) is 3. The maximum atomic E-state index is 11.1. The van der Waals surface area contributed by atoms with Crippen LogP contribution in [-0.4, -0.2) is 12.3 Å². The number of hydrogen-bond donors (Lipinski definition) is 2. The first-order valence-electron chi connectivity index (χ1n) is 1.69. The smallest absolute Gasteiger partial charge is 0.253 e. The third-order valence-corrected chi connectivity index (χ3v) is 0.788. The van der Waals surface area contributed by atoms with Crippen LogP contribution in [-0.2, 0) is 0 Å². The van der Waals surface area contributed by atoms with Gasteiger partial charge in [0, 0.05) is 0 Å². The van der Waals surface area contributed by atoms with Crippen molar-refractivity contribution in [3.8, 4) is 0 Å². The summed E-state index contributed by atoms with van der Waals surface area (Å²) in [5.41, 5.74) is 0. The minimum Gasteiger partial charge on any atom is -0.253 e. The lowest BCUT2D eigenvalue weighted by Crippen LogP contribution is -2.17. The highest BCUT2D eigenvalue weighted by Gasteiger charge is 1.97. The van der Waals surface area contributed by atoms with E-state index in [4.69, 9.17) is 0 Å². The van der Waals surface area contributed by atoms with Crippen molar-refractivity contribution in [1.82, 2.24) is 9.44 Å². The average Bonchev–Trinajstić information content (AvgIpc) is 1.63. The second kappa shape index (κ2) is 4.07. The van der Waals surface area contributed by atoms with Crippen molar-refractivity contribution in [2.75, 3.05) is 0 Å². The molecule has 0 aromatic heterocycles. The molecule has 0 aliphatic rings. The van der Waals surface area contributed by atoms with Crippen molar-refractivity contribution in [1.29, 1.82) is 0 Å². The maximum Gasteiger partial charge on any atom is 0.408 e. The van der Waals surface area contributed by atoms with Crippen LogP contribution in [0.25, 0.3) is 0 Å². The van der Waals surface area contributed by atoms with Gasteiger partial charge in [-0.3, -0.25) is 9.44 Å².